The molecule has 0 atom stereocenters. The van der Waals surface area contributed by atoms with Gasteiger partial charge in [0, 0.05) is 31.4 Å². The van der Waals surface area contributed by atoms with E-state index in [9.17, 15) is 13.2 Å². The number of thiazole rings is 1. The lowest BCUT2D eigenvalue weighted by atomic mass is 10.1. The average molecular weight is 564 g/mol. The molecule has 0 unspecified atom stereocenters. The number of fused-ring (bicyclic) bond motifs is 1. The fourth-order valence-electron chi connectivity index (χ4n) is 2.78. The van der Waals surface area contributed by atoms with Crippen molar-refractivity contribution < 1.29 is 13.2 Å². The molecule has 0 saturated heterocycles. The zero-order valence-electron chi connectivity index (χ0n) is 17.3. The second-order valence-electron chi connectivity index (χ2n) is 6.72. The minimum absolute atomic E-state index is 0. The highest BCUT2D eigenvalue weighted by atomic mass is 127. The number of para-hydroxylation sites is 1. The highest BCUT2D eigenvalue weighted by Gasteiger charge is 2.33. The summed E-state index contributed by atoms with van der Waals surface area (Å²) in [4.78, 5) is 14.8. The van der Waals surface area contributed by atoms with Gasteiger partial charge in [-0.1, -0.05) is 18.2 Å². The van der Waals surface area contributed by atoms with Gasteiger partial charge in [-0.3, -0.25) is 0 Å². The van der Waals surface area contributed by atoms with Crippen molar-refractivity contribution in [2.45, 2.75) is 26.2 Å². The van der Waals surface area contributed by atoms with Gasteiger partial charge in [-0.2, -0.15) is 13.2 Å². The monoisotopic (exact) mass is 564 g/mol. The lowest BCUT2D eigenvalue weighted by Gasteiger charge is -2.15. The maximum absolute atomic E-state index is 12.7. The highest BCUT2D eigenvalue weighted by molar-refractivity contribution is 14.0. The van der Waals surface area contributed by atoms with Gasteiger partial charge in [-0.05, 0) is 24.6 Å². The molecular formula is C20H24F3IN6S. The van der Waals surface area contributed by atoms with Crippen molar-refractivity contribution in [3.8, 4) is 0 Å². The van der Waals surface area contributed by atoms with Gasteiger partial charge in [-0.25, -0.2) is 15.0 Å². The SMILES string of the molecule is CCNC(=NCc1cc(N(C)C)nc2ccccc12)NCc1nc(C(F)(F)F)cs1.I. The maximum Gasteiger partial charge on any atom is 0.434 e. The largest absolute Gasteiger partial charge is 0.434 e. The van der Waals surface area contributed by atoms with E-state index in [1.165, 1.54) is 0 Å². The molecule has 0 radical (unpaired) electrons. The maximum atomic E-state index is 12.7. The van der Waals surface area contributed by atoms with Crippen LogP contribution in [0.5, 0.6) is 0 Å². The van der Waals surface area contributed by atoms with Crippen molar-refractivity contribution in [3.63, 3.8) is 0 Å². The Morgan fingerprint density at radius 2 is 1.90 bits per heavy atom. The Hall–Kier alpha value is -2.15. The van der Waals surface area contributed by atoms with E-state index in [2.05, 4.69) is 25.6 Å². The van der Waals surface area contributed by atoms with Crippen LogP contribution < -0.4 is 15.5 Å². The molecule has 0 aliphatic carbocycles. The average Bonchev–Trinajstić information content (AvgIpc) is 3.19. The van der Waals surface area contributed by atoms with E-state index in [0.717, 1.165) is 39.0 Å². The smallest absolute Gasteiger partial charge is 0.363 e. The minimum Gasteiger partial charge on any atom is -0.363 e. The summed E-state index contributed by atoms with van der Waals surface area (Å²) in [6.07, 6.45) is -4.43. The highest BCUT2D eigenvalue weighted by Crippen LogP contribution is 2.30. The molecular weight excluding hydrogens is 540 g/mol. The van der Waals surface area contributed by atoms with E-state index >= 15 is 0 Å². The van der Waals surface area contributed by atoms with E-state index in [1.807, 2.05) is 56.3 Å². The second-order valence-corrected chi connectivity index (χ2v) is 7.67. The molecule has 0 fully saturated rings. The minimum atomic E-state index is -4.43. The van der Waals surface area contributed by atoms with Crippen LogP contribution in [0, 0.1) is 0 Å². The number of alkyl halides is 3. The summed E-state index contributed by atoms with van der Waals surface area (Å²) in [5.41, 5.74) is 1.02. The molecule has 0 spiro atoms. The first kappa shape index (κ1) is 25.1. The summed E-state index contributed by atoms with van der Waals surface area (Å²) in [7, 11) is 3.86. The van der Waals surface area contributed by atoms with Crippen molar-refractivity contribution in [2.75, 3.05) is 25.5 Å². The quantitative estimate of drug-likeness (QED) is 0.260. The summed E-state index contributed by atoms with van der Waals surface area (Å²) in [5.74, 6) is 1.34. The summed E-state index contributed by atoms with van der Waals surface area (Å²) >= 11 is 0.968. The standard InChI is InChI=1S/C20H23F3N6S.HI/c1-4-24-19(26-11-18-28-16(12-30-18)20(21,22)23)25-10-13-9-17(29(2)3)27-15-8-6-5-7-14(13)15;/h5-9,12H,4,10-11H2,1-3H3,(H2,24,25,26);1H. The number of rotatable bonds is 6. The molecule has 0 aliphatic heterocycles. The molecule has 1 aromatic carbocycles. The predicted octanol–water partition coefficient (Wildman–Crippen LogP) is 4.65. The lowest BCUT2D eigenvalue weighted by molar-refractivity contribution is -0.140. The molecule has 2 aromatic heterocycles. The number of nitrogens with zero attached hydrogens (tertiary/aromatic N) is 4. The van der Waals surface area contributed by atoms with E-state index in [0.29, 0.717) is 24.1 Å². The Labute approximate surface area is 200 Å². The summed E-state index contributed by atoms with van der Waals surface area (Å²) in [5, 5.41) is 8.54. The van der Waals surface area contributed by atoms with Crippen LogP contribution in [-0.4, -0.2) is 36.6 Å². The van der Waals surface area contributed by atoms with E-state index in [4.69, 9.17) is 0 Å². The summed E-state index contributed by atoms with van der Waals surface area (Å²) in [6, 6.07) is 9.85. The first-order chi connectivity index (χ1) is 14.3. The van der Waals surface area contributed by atoms with Crippen LogP contribution in [0.25, 0.3) is 10.9 Å². The van der Waals surface area contributed by atoms with Crippen molar-refractivity contribution in [1.29, 1.82) is 0 Å². The zero-order chi connectivity index (χ0) is 21.7. The summed E-state index contributed by atoms with van der Waals surface area (Å²) < 4.78 is 38.2. The Morgan fingerprint density at radius 3 is 2.55 bits per heavy atom. The third kappa shape index (κ3) is 6.66. The molecule has 3 rings (SSSR count). The van der Waals surface area contributed by atoms with Crippen LogP contribution in [0.2, 0.25) is 0 Å². The zero-order valence-corrected chi connectivity index (χ0v) is 20.5. The molecule has 0 amide bonds. The van der Waals surface area contributed by atoms with Crippen LogP contribution in [0.1, 0.15) is 23.2 Å². The fourth-order valence-corrected chi connectivity index (χ4v) is 3.52. The predicted molar refractivity (Wildman–Crippen MR) is 130 cm³/mol. The fraction of sp³-hybridized carbons (Fsp3) is 0.350. The molecule has 0 aliphatic rings. The van der Waals surface area contributed by atoms with Gasteiger partial charge in [0.1, 0.15) is 10.8 Å². The molecule has 31 heavy (non-hydrogen) atoms. The van der Waals surface area contributed by atoms with Gasteiger partial charge in [0.2, 0.25) is 0 Å². The molecule has 3 aromatic rings. The third-order valence-electron chi connectivity index (χ3n) is 4.25. The van der Waals surface area contributed by atoms with E-state index in [-0.39, 0.29) is 30.5 Å². The van der Waals surface area contributed by atoms with Crippen molar-refractivity contribution in [3.05, 3.63) is 52.0 Å². The Kier molecular flexibility index (Phi) is 8.86. The number of hydrogen-bond acceptors (Lipinski definition) is 5. The third-order valence-corrected chi connectivity index (χ3v) is 5.10. The van der Waals surface area contributed by atoms with E-state index in [1.54, 1.807) is 0 Å². The van der Waals surface area contributed by atoms with Crippen LogP contribution >= 0.6 is 35.3 Å². The van der Waals surface area contributed by atoms with Gasteiger partial charge in [0.05, 0.1) is 18.6 Å². The van der Waals surface area contributed by atoms with Crippen LogP contribution in [0.15, 0.2) is 40.7 Å². The molecule has 6 nitrogen and oxygen atoms in total. The molecule has 2 N–H and O–H groups in total. The lowest BCUT2D eigenvalue weighted by Crippen LogP contribution is -2.36. The van der Waals surface area contributed by atoms with Crippen LogP contribution in [0.3, 0.4) is 0 Å². The van der Waals surface area contributed by atoms with Gasteiger partial charge in [-0.15, -0.1) is 35.3 Å². The molecule has 11 heteroatoms. The number of halogens is 4. The molecule has 168 valence electrons. The Morgan fingerprint density at radius 1 is 1.16 bits per heavy atom. The van der Waals surface area contributed by atoms with Crippen molar-refractivity contribution >= 4 is 58.0 Å². The van der Waals surface area contributed by atoms with Crippen LogP contribution in [0.4, 0.5) is 19.0 Å². The Balaban J connectivity index is 0.00000341. The topological polar surface area (TPSA) is 65.4 Å². The summed E-state index contributed by atoms with van der Waals surface area (Å²) in [6.45, 7) is 3.10. The van der Waals surface area contributed by atoms with Gasteiger partial charge < -0.3 is 15.5 Å². The van der Waals surface area contributed by atoms with Crippen LogP contribution in [-0.2, 0) is 19.3 Å². The number of anilines is 1. The number of pyridine rings is 1. The Bertz CT molecular complexity index is 1040. The first-order valence-electron chi connectivity index (χ1n) is 9.37. The second kappa shape index (κ2) is 10.9. The van der Waals surface area contributed by atoms with Crippen molar-refractivity contribution in [2.24, 2.45) is 4.99 Å². The van der Waals surface area contributed by atoms with E-state index < -0.39 is 11.9 Å². The van der Waals surface area contributed by atoms with Gasteiger partial charge >= 0.3 is 6.18 Å². The number of nitrogens with one attached hydrogen (secondary N) is 2. The first-order valence-corrected chi connectivity index (χ1v) is 10.3. The normalized spacial score (nSPS) is 11.9. The van der Waals surface area contributed by atoms with Crippen molar-refractivity contribution in [1.82, 2.24) is 20.6 Å². The van der Waals surface area contributed by atoms with Gasteiger partial charge in [0.25, 0.3) is 0 Å². The number of aromatic nitrogens is 2. The number of hydrogen-bond donors (Lipinski definition) is 2. The number of benzene rings is 1. The molecule has 0 bridgehead atoms. The molecule has 2 heterocycles. The molecule has 0 saturated carbocycles. The van der Waals surface area contributed by atoms with Gasteiger partial charge in [0.15, 0.2) is 11.7 Å². The number of guanidine groups is 1. The number of aliphatic imine (C=N–C) groups is 1.